The van der Waals surface area contributed by atoms with Crippen LogP contribution in [0.25, 0.3) is 0 Å². The molecule has 0 bridgehead atoms. The molecule has 4 unspecified atom stereocenters. The van der Waals surface area contributed by atoms with E-state index in [1.807, 2.05) is 0 Å². The van der Waals surface area contributed by atoms with Crippen LogP contribution in [0.1, 0.15) is 32.7 Å². The second kappa shape index (κ2) is 8.72. The number of rotatable bonds is 6. The van der Waals surface area contributed by atoms with Crippen molar-refractivity contribution in [3.8, 4) is 0 Å². The van der Waals surface area contributed by atoms with E-state index in [9.17, 15) is 14.4 Å². The zero-order valence-corrected chi connectivity index (χ0v) is 14.7. The van der Waals surface area contributed by atoms with E-state index in [4.69, 9.17) is 24.1 Å². The smallest absolute Gasteiger partial charge is 0.303 e. The maximum absolute atomic E-state index is 11.6. The van der Waals surface area contributed by atoms with Gasteiger partial charge in [0, 0.05) is 33.8 Å². The van der Waals surface area contributed by atoms with Gasteiger partial charge in [-0.05, 0) is 0 Å². The molecule has 1 aliphatic rings. The molecule has 4 atom stereocenters. The Labute approximate surface area is 149 Å². The van der Waals surface area contributed by atoms with E-state index >= 15 is 0 Å². The van der Waals surface area contributed by atoms with Gasteiger partial charge in [0.05, 0.1) is 18.5 Å². The van der Waals surface area contributed by atoms with E-state index in [0.717, 1.165) is 0 Å². The van der Waals surface area contributed by atoms with Crippen LogP contribution in [0, 0.1) is 0 Å². The van der Waals surface area contributed by atoms with Gasteiger partial charge in [-0.2, -0.15) is 0 Å². The van der Waals surface area contributed by atoms with Gasteiger partial charge < -0.3 is 24.1 Å². The highest BCUT2D eigenvalue weighted by Crippen LogP contribution is 2.30. The molecule has 1 aliphatic heterocycles. The number of ether oxygens (including phenoxy) is 4. The Morgan fingerprint density at radius 3 is 2.35 bits per heavy atom. The van der Waals surface area contributed by atoms with Gasteiger partial charge in [0.25, 0.3) is 0 Å². The first kappa shape index (κ1) is 19.8. The third-order valence-corrected chi connectivity index (χ3v) is 3.51. The van der Waals surface area contributed by atoms with Crippen LogP contribution in [0.5, 0.6) is 0 Å². The minimum absolute atomic E-state index is 0.102. The van der Waals surface area contributed by atoms with Crippen molar-refractivity contribution in [1.82, 2.24) is 15.0 Å². The molecule has 0 saturated carbocycles. The number of carbonyl (C=O) groups is 3. The fourth-order valence-electron chi connectivity index (χ4n) is 2.62. The van der Waals surface area contributed by atoms with Crippen molar-refractivity contribution in [3.05, 3.63) is 11.9 Å². The summed E-state index contributed by atoms with van der Waals surface area (Å²) in [4.78, 5) is 34.4. The zero-order chi connectivity index (χ0) is 19.3. The molecule has 26 heavy (non-hydrogen) atoms. The number of hydrogen-bond acceptors (Lipinski definition) is 10. The molecule has 0 aliphatic carbocycles. The van der Waals surface area contributed by atoms with Crippen molar-refractivity contribution in [2.45, 2.75) is 51.7 Å². The molecular formula is C15H21N3O8. The average Bonchev–Trinajstić information content (AvgIpc) is 2.98. The third-order valence-electron chi connectivity index (χ3n) is 3.51. The van der Waals surface area contributed by atoms with Crippen LogP contribution in [0.15, 0.2) is 6.20 Å². The summed E-state index contributed by atoms with van der Waals surface area (Å²) >= 11 is 0. The zero-order valence-electron chi connectivity index (χ0n) is 14.7. The Bertz CT molecular complexity index is 661. The molecule has 0 spiro atoms. The van der Waals surface area contributed by atoms with Gasteiger partial charge in [-0.3, -0.25) is 14.4 Å². The summed E-state index contributed by atoms with van der Waals surface area (Å²) < 4.78 is 22.6. The largest absolute Gasteiger partial charge is 0.456 e. The monoisotopic (exact) mass is 371 g/mol. The molecule has 1 aromatic rings. The lowest BCUT2D eigenvalue weighted by atomic mass is 10.0. The maximum Gasteiger partial charge on any atom is 0.303 e. The first-order valence-corrected chi connectivity index (χ1v) is 7.96. The first-order valence-electron chi connectivity index (χ1n) is 7.96. The first-order chi connectivity index (χ1) is 12.3. The van der Waals surface area contributed by atoms with Crippen molar-refractivity contribution < 1.29 is 38.4 Å². The van der Waals surface area contributed by atoms with E-state index in [1.54, 1.807) is 0 Å². The van der Waals surface area contributed by atoms with E-state index in [1.165, 1.54) is 31.6 Å². The van der Waals surface area contributed by atoms with Crippen LogP contribution >= 0.6 is 0 Å². The van der Waals surface area contributed by atoms with Crippen molar-refractivity contribution >= 4 is 17.9 Å². The highest BCUT2D eigenvalue weighted by Gasteiger charge is 2.48. The van der Waals surface area contributed by atoms with Crippen molar-refractivity contribution in [1.29, 1.82) is 0 Å². The fraction of sp³-hybridized carbons (Fsp3) is 0.667. The fourth-order valence-corrected chi connectivity index (χ4v) is 2.62. The summed E-state index contributed by atoms with van der Waals surface area (Å²) in [6, 6.07) is 0. The summed E-state index contributed by atoms with van der Waals surface area (Å²) in [5.41, 5.74) is 0.504. The Hall–Kier alpha value is -2.53. The van der Waals surface area contributed by atoms with Gasteiger partial charge >= 0.3 is 17.9 Å². The molecule has 144 valence electrons. The second-order valence-corrected chi connectivity index (χ2v) is 5.68. The lowest BCUT2D eigenvalue weighted by Gasteiger charge is -2.40. The Morgan fingerprint density at radius 1 is 1.15 bits per heavy atom. The minimum Gasteiger partial charge on any atom is -0.456 e. The van der Waals surface area contributed by atoms with E-state index in [-0.39, 0.29) is 19.6 Å². The van der Waals surface area contributed by atoms with Crippen LogP contribution < -0.4 is 0 Å². The SMILES string of the molecule is CC(=O)OC1COC(n2cc(CCO)nn2)C(OC(C)=O)C1OC(C)=O. The van der Waals surface area contributed by atoms with Crippen molar-refractivity contribution in [2.24, 2.45) is 0 Å². The summed E-state index contributed by atoms with van der Waals surface area (Å²) in [5.74, 6) is -1.87. The standard InChI is InChI=1S/C15H21N3O8/c1-8(20)24-12-7-23-15(18-6-11(4-5-19)16-17-18)14(26-10(3)22)13(12)25-9(2)21/h6,12-15,19H,4-5,7H2,1-3H3. The Balaban J connectivity index is 2.32. The number of hydrogen-bond donors (Lipinski definition) is 1. The maximum atomic E-state index is 11.6. The van der Waals surface area contributed by atoms with E-state index in [0.29, 0.717) is 5.69 Å². The summed E-state index contributed by atoms with van der Waals surface area (Å²) in [7, 11) is 0. The van der Waals surface area contributed by atoms with Gasteiger partial charge in [-0.15, -0.1) is 5.10 Å². The molecule has 2 heterocycles. The summed E-state index contributed by atoms with van der Waals surface area (Å²) in [6.07, 6.45) is -2.28. The number of aliphatic hydroxyl groups excluding tert-OH is 1. The molecule has 1 aromatic heterocycles. The molecule has 0 amide bonds. The van der Waals surface area contributed by atoms with Gasteiger partial charge in [-0.1, -0.05) is 5.21 Å². The molecule has 0 radical (unpaired) electrons. The lowest BCUT2D eigenvalue weighted by molar-refractivity contribution is -0.241. The normalized spacial score (nSPS) is 25.4. The van der Waals surface area contributed by atoms with Crippen LogP contribution in [0.3, 0.4) is 0 Å². The van der Waals surface area contributed by atoms with Crippen LogP contribution in [-0.4, -0.2) is 69.5 Å². The number of aliphatic hydroxyl groups is 1. The van der Waals surface area contributed by atoms with Crippen molar-refractivity contribution in [3.63, 3.8) is 0 Å². The van der Waals surface area contributed by atoms with Gasteiger partial charge in [0.15, 0.2) is 24.5 Å². The van der Waals surface area contributed by atoms with E-state index < -0.39 is 42.4 Å². The van der Waals surface area contributed by atoms with Gasteiger partial charge in [0.1, 0.15) is 0 Å². The highest BCUT2D eigenvalue weighted by molar-refractivity contribution is 5.68. The predicted molar refractivity (Wildman–Crippen MR) is 82.5 cm³/mol. The predicted octanol–water partition coefficient (Wildman–Crippen LogP) is -0.863. The number of carbonyl (C=O) groups excluding carboxylic acids is 3. The molecule has 2 rings (SSSR count). The number of nitrogens with zero attached hydrogens (tertiary/aromatic N) is 3. The Morgan fingerprint density at radius 2 is 1.77 bits per heavy atom. The average molecular weight is 371 g/mol. The Kier molecular flexibility index (Phi) is 6.64. The third kappa shape index (κ3) is 4.99. The van der Waals surface area contributed by atoms with Crippen LogP contribution in [-0.2, 0) is 39.8 Å². The minimum atomic E-state index is -1.11. The molecule has 11 heteroatoms. The molecule has 1 fully saturated rings. The molecule has 1 N–H and O–H groups in total. The van der Waals surface area contributed by atoms with Crippen LogP contribution in [0.4, 0.5) is 0 Å². The van der Waals surface area contributed by atoms with Gasteiger partial charge in [0.2, 0.25) is 0 Å². The van der Waals surface area contributed by atoms with E-state index in [2.05, 4.69) is 10.3 Å². The number of aromatic nitrogens is 3. The quantitative estimate of drug-likeness (QED) is 0.496. The molecule has 1 saturated heterocycles. The molecule has 0 aromatic carbocycles. The van der Waals surface area contributed by atoms with Crippen molar-refractivity contribution in [2.75, 3.05) is 13.2 Å². The summed E-state index contributed by atoms with van der Waals surface area (Å²) in [6.45, 7) is 3.37. The lowest BCUT2D eigenvalue weighted by Crippen LogP contribution is -2.55. The number of esters is 3. The van der Waals surface area contributed by atoms with Crippen LogP contribution in [0.2, 0.25) is 0 Å². The molecular weight excluding hydrogens is 350 g/mol. The summed E-state index contributed by atoms with van der Waals surface area (Å²) in [5, 5.41) is 16.8. The highest BCUT2D eigenvalue weighted by atomic mass is 16.6. The second-order valence-electron chi connectivity index (χ2n) is 5.68. The molecule has 11 nitrogen and oxygen atoms in total. The van der Waals surface area contributed by atoms with Gasteiger partial charge in [-0.25, -0.2) is 4.68 Å². The topological polar surface area (TPSA) is 139 Å².